The van der Waals surface area contributed by atoms with Gasteiger partial charge in [-0.05, 0) is 26.1 Å². The zero-order valence-electron chi connectivity index (χ0n) is 8.21. The zero-order chi connectivity index (χ0) is 9.52. The molecule has 0 radical (unpaired) electrons. The highest BCUT2D eigenvalue weighted by atomic mass is 32.1. The zero-order valence-corrected chi connectivity index (χ0v) is 9.03. The molecule has 0 spiro atoms. The van der Waals surface area contributed by atoms with Gasteiger partial charge < -0.3 is 10.6 Å². The fourth-order valence-corrected chi connectivity index (χ4v) is 1.77. The molecule has 1 unspecified atom stereocenters. The van der Waals surface area contributed by atoms with Crippen LogP contribution in [-0.4, -0.2) is 25.1 Å². The van der Waals surface area contributed by atoms with Crippen LogP contribution in [0, 0.1) is 5.92 Å². The number of rotatable bonds is 6. The van der Waals surface area contributed by atoms with Crippen LogP contribution in [0.5, 0.6) is 0 Å². The standard InChI is InChI=1S/C9H17N3S/c1-8(5-10-2)6-11-7-9-12-3-4-13-9/h3-4,8,10-11H,5-7H2,1-2H3. The maximum Gasteiger partial charge on any atom is 0.106 e. The summed E-state index contributed by atoms with van der Waals surface area (Å²) in [6, 6.07) is 0. The van der Waals surface area contributed by atoms with Crippen LogP contribution in [0.15, 0.2) is 11.6 Å². The Labute approximate surface area is 83.6 Å². The summed E-state index contributed by atoms with van der Waals surface area (Å²) in [5, 5.41) is 9.71. The van der Waals surface area contributed by atoms with Crippen LogP contribution in [-0.2, 0) is 6.54 Å². The molecule has 0 amide bonds. The summed E-state index contributed by atoms with van der Waals surface area (Å²) in [5.41, 5.74) is 0. The highest BCUT2D eigenvalue weighted by Gasteiger charge is 2.00. The third-order valence-corrected chi connectivity index (χ3v) is 2.58. The van der Waals surface area contributed by atoms with Gasteiger partial charge in [0, 0.05) is 18.1 Å². The smallest absolute Gasteiger partial charge is 0.106 e. The van der Waals surface area contributed by atoms with Gasteiger partial charge in [-0.1, -0.05) is 6.92 Å². The number of hydrogen-bond donors (Lipinski definition) is 2. The molecule has 1 aromatic rings. The number of thiazole rings is 1. The van der Waals surface area contributed by atoms with E-state index in [0.717, 1.165) is 24.6 Å². The third-order valence-electron chi connectivity index (χ3n) is 1.81. The molecule has 74 valence electrons. The van der Waals surface area contributed by atoms with E-state index in [9.17, 15) is 0 Å². The van der Waals surface area contributed by atoms with Crippen molar-refractivity contribution in [1.29, 1.82) is 0 Å². The number of nitrogens with zero attached hydrogens (tertiary/aromatic N) is 1. The van der Waals surface area contributed by atoms with Crippen molar-refractivity contribution in [3.63, 3.8) is 0 Å². The summed E-state index contributed by atoms with van der Waals surface area (Å²) in [5.74, 6) is 0.671. The molecule has 0 aliphatic rings. The second-order valence-corrected chi connectivity index (χ2v) is 4.20. The van der Waals surface area contributed by atoms with Gasteiger partial charge in [0.2, 0.25) is 0 Å². The Morgan fingerprint density at radius 3 is 3.00 bits per heavy atom. The average molecular weight is 199 g/mol. The van der Waals surface area contributed by atoms with Crippen molar-refractivity contribution in [1.82, 2.24) is 15.6 Å². The van der Waals surface area contributed by atoms with Gasteiger partial charge in [-0.3, -0.25) is 0 Å². The largest absolute Gasteiger partial charge is 0.319 e. The molecule has 0 saturated carbocycles. The Morgan fingerprint density at radius 2 is 2.38 bits per heavy atom. The van der Waals surface area contributed by atoms with Gasteiger partial charge in [0.15, 0.2) is 0 Å². The molecular formula is C9H17N3S. The monoisotopic (exact) mass is 199 g/mol. The van der Waals surface area contributed by atoms with Crippen molar-refractivity contribution >= 4 is 11.3 Å². The minimum Gasteiger partial charge on any atom is -0.319 e. The number of hydrogen-bond acceptors (Lipinski definition) is 4. The average Bonchev–Trinajstić information content (AvgIpc) is 2.57. The minimum atomic E-state index is 0.671. The van der Waals surface area contributed by atoms with E-state index in [0.29, 0.717) is 5.92 Å². The quantitative estimate of drug-likeness (QED) is 0.720. The molecule has 0 fully saturated rings. The second kappa shape index (κ2) is 6.07. The highest BCUT2D eigenvalue weighted by molar-refractivity contribution is 7.09. The first-order valence-corrected chi connectivity index (χ1v) is 5.44. The lowest BCUT2D eigenvalue weighted by Crippen LogP contribution is -2.27. The van der Waals surface area contributed by atoms with Gasteiger partial charge in [-0.15, -0.1) is 11.3 Å². The molecule has 2 N–H and O–H groups in total. The molecule has 3 nitrogen and oxygen atoms in total. The fraction of sp³-hybridized carbons (Fsp3) is 0.667. The Bertz CT molecular complexity index is 211. The summed E-state index contributed by atoms with van der Waals surface area (Å²) in [6.45, 7) is 5.22. The SMILES string of the molecule is CNCC(C)CNCc1nccs1. The summed E-state index contributed by atoms with van der Waals surface area (Å²) < 4.78 is 0. The molecule has 13 heavy (non-hydrogen) atoms. The Morgan fingerprint density at radius 1 is 1.54 bits per heavy atom. The van der Waals surface area contributed by atoms with Crippen molar-refractivity contribution < 1.29 is 0 Å². The van der Waals surface area contributed by atoms with E-state index in [1.807, 2.05) is 18.6 Å². The van der Waals surface area contributed by atoms with Crippen molar-refractivity contribution in [3.05, 3.63) is 16.6 Å². The molecule has 1 atom stereocenters. The van der Waals surface area contributed by atoms with Crippen molar-refractivity contribution in [2.45, 2.75) is 13.5 Å². The first kappa shape index (κ1) is 10.6. The van der Waals surface area contributed by atoms with E-state index in [1.165, 1.54) is 0 Å². The predicted molar refractivity (Wildman–Crippen MR) is 56.9 cm³/mol. The van der Waals surface area contributed by atoms with Crippen LogP contribution in [0.4, 0.5) is 0 Å². The van der Waals surface area contributed by atoms with E-state index in [1.54, 1.807) is 11.3 Å². The Hall–Kier alpha value is -0.450. The molecule has 1 aromatic heterocycles. The lowest BCUT2D eigenvalue weighted by atomic mass is 10.2. The summed E-state index contributed by atoms with van der Waals surface area (Å²) in [6.07, 6.45) is 1.85. The molecule has 1 rings (SSSR count). The predicted octanol–water partition coefficient (Wildman–Crippen LogP) is 1.09. The molecule has 0 bridgehead atoms. The second-order valence-electron chi connectivity index (χ2n) is 3.22. The summed E-state index contributed by atoms with van der Waals surface area (Å²) >= 11 is 1.70. The van der Waals surface area contributed by atoms with Crippen molar-refractivity contribution in [2.75, 3.05) is 20.1 Å². The maximum atomic E-state index is 4.20. The van der Waals surface area contributed by atoms with Crippen LogP contribution in [0.1, 0.15) is 11.9 Å². The molecule has 4 heteroatoms. The summed E-state index contributed by atoms with van der Waals surface area (Å²) in [4.78, 5) is 4.20. The van der Waals surface area contributed by atoms with E-state index in [4.69, 9.17) is 0 Å². The van der Waals surface area contributed by atoms with Gasteiger partial charge in [0.05, 0.1) is 0 Å². The lowest BCUT2D eigenvalue weighted by Gasteiger charge is -2.10. The van der Waals surface area contributed by atoms with Gasteiger partial charge in [-0.25, -0.2) is 4.98 Å². The lowest BCUT2D eigenvalue weighted by molar-refractivity contribution is 0.491. The minimum absolute atomic E-state index is 0.671. The van der Waals surface area contributed by atoms with Gasteiger partial charge in [0.25, 0.3) is 0 Å². The van der Waals surface area contributed by atoms with E-state index in [2.05, 4.69) is 22.5 Å². The Kier molecular flexibility index (Phi) is 4.97. The third kappa shape index (κ3) is 4.36. The van der Waals surface area contributed by atoms with E-state index in [-0.39, 0.29) is 0 Å². The van der Waals surface area contributed by atoms with E-state index < -0.39 is 0 Å². The van der Waals surface area contributed by atoms with E-state index >= 15 is 0 Å². The van der Waals surface area contributed by atoms with Crippen molar-refractivity contribution in [2.24, 2.45) is 5.92 Å². The topological polar surface area (TPSA) is 37.0 Å². The first-order valence-electron chi connectivity index (χ1n) is 4.56. The van der Waals surface area contributed by atoms with Gasteiger partial charge >= 0.3 is 0 Å². The van der Waals surface area contributed by atoms with Crippen LogP contribution in [0.3, 0.4) is 0 Å². The van der Waals surface area contributed by atoms with Crippen molar-refractivity contribution in [3.8, 4) is 0 Å². The molecule has 1 heterocycles. The summed E-state index contributed by atoms with van der Waals surface area (Å²) in [7, 11) is 1.98. The maximum absolute atomic E-state index is 4.20. The molecule has 0 aromatic carbocycles. The fourth-order valence-electron chi connectivity index (χ4n) is 1.19. The van der Waals surface area contributed by atoms with Crippen LogP contribution in [0.25, 0.3) is 0 Å². The van der Waals surface area contributed by atoms with Crippen LogP contribution < -0.4 is 10.6 Å². The molecule has 0 saturated heterocycles. The van der Waals surface area contributed by atoms with Gasteiger partial charge in [-0.2, -0.15) is 0 Å². The normalized spacial score (nSPS) is 13.1. The van der Waals surface area contributed by atoms with Crippen LogP contribution >= 0.6 is 11.3 Å². The molecule has 0 aliphatic carbocycles. The Balaban J connectivity index is 2.07. The highest BCUT2D eigenvalue weighted by Crippen LogP contribution is 2.02. The number of aromatic nitrogens is 1. The number of nitrogens with one attached hydrogen (secondary N) is 2. The van der Waals surface area contributed by atoms with Gasteiger partial charge in [0.1, 0.15) is 5.01 Å². The molecule has 0 aliphatic heterocycles. The first-order chi connectivity index (χ1) is 6.33. The molecular weight excluding hydrogens is 182 g/mol. The van der Waals surface area contributed by atoms with Crippen LogP contribution in [0.2, 0.25) is 0 Å².